The average molecular weight is 412 g/mol. The maximum Gasteiger partial charge on any atom is 0.196 e. The summed E-state index contributed by atoms with van der Waals surface area (Å²) in [6, 6.07) is 31.1. The smallest absolute Gasteiger partial charge is 0.196 e. The summed E-state index contributed by atoms with van der Waals surface area (Å²) >= 11 is 1.60. The van der Waals surface area contributed by atoms with Crippen molar-refractivity contribution >= 4 is 22.5 Å². The van der Waals surface area contributed by atoms with Crippen molar-refractivity contribution in [2.75, 3.05) is 0 Å². The number of aromatic nitrogens is 3. The molecule has 4 aromatic carbocycles. The summed E-state index contributed by atoms with van der Waals surface area (Å²) in [7, 11) is 0. The first-order chi connectivity index (χ1) is 14.8. The van der Waals surface area contributed by atoms with Crippen LogP contribution in [0.4, 0.5) is 4.39 Å². The zero-order valence-corrected chi connectivity index (χ0v) is 16.9. The lowest BCUT2D eigenvalue weighted by Crippen LogP contribution is -1.99. The van der Waals surface area contributed by atoms with Gasteiger partial charge in [-0.15, -0.1) is 10.2 Å². The summed E-state index contributed by atoms with van der Waals surface area (Å²) < 4.78 is 16.2. The zero-order valence-electron chi connectivity index (χ0n) is 16.1. The standard InChI is InChI=1S/C25H18FN3S/c26-23-16-15-19(21-13-7-8-14-22(21)23)17-30-25-28-27-24(18-9-3-1-4-10-18)29(25)20-11-5-2-6-12-20/h1-16H,17H2. The van der Waals surface area contributed by atoms with Crippen molar-refractivity contribution in [1.82, 2.24) is 14.8 Å². The minimum Gasteiger partial charge on any atom is -0.270 e. The molecule has 0 spiro atoms. The van der Waals surface area contributed by atoms with E-state index in [1.807, 2.05) is 91.0 Å². The fourth-order valence-corrected chi connectivity index (χ4v) is 4.50. The molecular weight excluding hydrogens is 393 g/mol. The Morgan fingerprint density at radius 1 is 0.700 bits per heavy atom. The highest BCUT2D eigenvalue weighted by Gasteiger charge is 2.16. The molecule has 5 heteroatoms. The number of para-hydroxylation sites is 1. The molecule has 0 amide bonds. The van der Waals surface area contributed by atoms with Crippen molar-refractivity contribution in [3.63, 3.8) is 0 Å². The fourth-order valence-electron chi connectivity index (χ4n) is 3.54. The number of halogens is 1. The summed E-state index contributed by atoms with van der Waals surface area (Å²) in [6.07, 6.45) is 0. The second-order valence-corrected chi connectivity index (χ2v) is 7.83. The van der Waals surface area contributed by atoms with Gasteiger partial charge in [-0.3, -0.25) is 4.57 Å². The molecule has 0 aliphatic carbocycles. The highest BCUT2D eigenvalue weighted by molar-refractivity contribution is 7.98. The third-order valence-electron chi connectivity index (χ3n) is 5.00. The third kappa shape index (κ3) is 3.48. The van der Waals surface area contributed by atoms with Crippen LogP contribution in [0.1, 0.15) is 5.56 Å². The van der Waals surface area contributed by atoms with E-state index in [1.165, 1.54) is 6.07 Å². The summed E-state index contributed by atoms with van der Waals surface area (Å²) in [5, 5.41) is 11.3. The van der Waals surface area contributed by atoms with Crippen LogP contribution in [-0.2, 0) is 5.75 Å². The molecule has 0 saturated heterocycles. The Bertz CT molecular complexity index is 1300. The topological polar surface area (TPSA) is 30.7 Å². The lowest BCUT2D eigenvalue weighted by Gasteiger charge is -2.11. The molecule has 0 aliphatic heterocycles. The molecule has 1 aromatic heterocycles. The zero-order chi connectivity index (χ0) is 20.3. The van der Waals surface area contributed by atoms with Crippen molar-refractivity contribution in [3.05, 3.63) is 108 Å². The Kier molecular flexibility index (Phi) is 5.03. The SMILES string of the molecule is Fc1ccc(CSc2nnc(-c3ccccc3)n2-c2ccccc2)c2ccccc12. The average Bonchev–Trinajstić information content (AvgIpc) is 3.24. The maximum atomic E-state index is 14.2. The maximum absolute atomic E-state index is 14.2. The fraction of sp³-hybridized carbons (Fsp3) is 0.0400. The number of benzene rings is 4. The molecule has 5 aromatic rings. The van der Waals surface area contributed by atoms with Gasteiger partial charge in [0, 0.05) is 22.4 Å². The summed E-state index contributed by atoms with van der Waals surface area (Å²) in [4.78, 5) is 0. The molecule has 0 aliphatic rings. The molecule has 5 rings (SSSR count). The highest BCUT2D eigenvalue weighted by Crippen LogP contribution is 2.32. The van der Waals surface area contributed by atoms with Crippen LogP contribution in [0, 0.1) is 5.82 Å². The molecule has 1 heterocycles. The van der Waals surface area contributed by atoms with Gasteiger partial charge in [-0.1, -0.05) is 90.6 Å². The lowest BCUT2D eigenvalue weighted by atomic mass is 10.1. The van der Waals surface area contributed by atoms with Crippen LogP contribution >= 0.6 is 11.8 Å². The van der Waals surface area contributed by atoms with E-state index >= 15 is 0 Å². The lowest BCUT2D eigenvalue weighted by molar-refractivity contribution is 0.639. The van der Waals surface area contributed by atoms with Crippen LogP contribution in [-0.4, -0.2) is 14.8 Å². The molecule has 0 unspecified atom stereocenters. The van der Waals surface area contributed by atoms with Crippen molar-refractivity contribution in [2.24, 2.45) is 0 Å². The highest BCUT2D eigenvalue weighted by atomic mass is 32.2. The number of nitrogens with zero attached hydrogens (tertiary/aromatic N) is 3. The molecule has 0 fully saturated rings. The summed E-state index contributed by atoms with van der Waals surface area (Å²) in [5.74, 6) is 1.27. The van der Waals surface area contributed by atoms with Gasteiger partial charge < -0.3 is 0 Å². The molecule has 0 bridgehead atoms. The van der Waals surface area contributed by atoms with Gasteiger partial charge in [0.05, 0.1) is 0 Å². The van der Waals surface area contributed by atoms with Gasteiger partial charge in [0.2, 0.25) is 0 Å². The molecule has 0 saturated carbocycles. The minimum atomic E-state index is -0.196. The van der Waals surface area contributed by atoms with E-state index < -0.39 is 0 Å². The van der Waals surface area contributed by atoms with Crippen LogP contribution < -0.4 is 0 Å². The van der Waals surface area contributed by atoms with E-state index in [4.69, 9.17) is 0 Å². The largest absolute Gasteiger partial charge is 0.270 e. The van der Waals surface area contributed by atoms with Gasteiger partial charge >= 0.3 is 0 Å². The summed E-state index contributed by atoms with van der Waals surface area (Å²) in [5.41, 5.74) is 3.08. The molecular formula is C25H18FN3S. The van der Waals surface area contributed by atoms with E-state index in [0.29, 0.717) is 11.1 Å². The number of hydrogen-bond acceptors (Lipinski definition) is 3. The molecule has 0 N–H and O–H groups in total. The number of fused-ring (bicyclic) bond motifs is 1. The van der Waals surface area contributed by atoms with E-state index in [-0.39, 0.29) is 5.82 Å². The van der Waals surface area contributed by atoms with Gasteiger partial charge in [-0.25, -0.2) is 4.39 Å². The first-order valence-corrected chi connectivity index (χ1v) is 10.6. The van der Waals surface area contributed by atoms with Gasteiger partial charge in [-0.2, -0.15) is 0 Å². The minimum absolute atomic E-state index is 0.196. The van der Waals surface area contributed by atoms with Crippen molar-refractivity contribution in [2.45, 2.75) is 10.9 Å². The predicted octanol–water partition coefficient (Wildman–Crippen LogP) is 6.52. The van der Waals surface area contributed by atoms with Gasteiger partial charge in [0.1, 0.15) is 5.82 Å². The van der Waals surface area contributed by atoms with Gasteiger partial charge in [0.25, 0.3) is 0 Å². The molecule has 0 atom stereocenters. The van der Waals surface area contributed by atoms with Crippen LogP contribution in [0.5, 0.6) is 0 Å². The van der Waals surface area contributed by atoms with E-state index in [2.05, 4.69) is 14.8 Å². The Hall–Kier alpha value is -3.44. The van der Waals surface area contributed by atoms with E-state index in [9.17, 15) is 4.39 Å². The predicted molar refractivity (Wildman–Crippen MR) is 120 cm³/mol. The number of thioether (sulfide) groups is 1. The first-order valence-electron chi connectivity index (χ1n) is 9.66. The molecule has 3 nitrogen and oxygen atoms in total. The van der Waals surface area contributed by atoms with Gasteiger partial charge in [0.15, 0.2) is 11.0 Å². The monoisotopic (exact) mass is 411 g/mol. The van der Waals surface area contributed by atoms with Crippen LogP contribution in [0.3, 0.4) is 0 Å². The molecule has 0 radical (unpaired) electrons. The van der Waals surface area contributed by atoms with E-state index in [1.54, 1.807) is 11.8 Å². The second-order valence-electron chi connectivity index (χ2n) is 6.88. The second kappa shape index (κ2) is 8.13. The van der Waals surface area contributed by atoms with Gasteiger partial charge in [-0.05, 0) is 29.1 Å². The Morgan fingerprint density at radius 2 is 1.37 bits per heavy atom. The first kappa shape index (κ1) is 18.6. The molecule has 146 valence electrons. The van der Waals surface area contributed by atoms with Crippen molar-refractivity contribution in [1.29, 1.82) is 0 Å². The van der Waals surface area contributed by atoms with E-state index in [0.717, 1.165) is 33.2 Å². The van der Waals surface area contributed by atoms with Crippen molar-refractivity contribution in [3.8, 4) is 17.1 Å². The normalized spacial score (nSPS) is 11.1. The Labute approximate surface area is 178 Å². The quantitative estimate of drug-likeness (QED) is 0.309. The van der Waals surface area contributed by atoms with Crippen LogP contribution in [0.25, 0.3) is 27.8 Å². The molecule has 30 heavy (non-hydrogen) atoms. The van der Waals surface area contributed by atoms with Crippen LogP contribution in [0.2, 0.25) is 0 Å². The van der Waals surface area contributed by atoms with Crippen molar-refractivity contribution < 1.29 is 4.39 Å². The number of hydrogen-bond donors (Lipinski definition) is 0. The third-order valence-corrected chi connectivity index (χ3v) is 5.98. The number of rotatable bonds is 5. The Balaban J connectivity index is 1.55. The Morgan fingerprint density at radius 3 is 2.13 bits per heavy atom. The van der Waals surface area contributed by atoms with Crippen LogP contribution in [0.15, 0.2) is 102 Å². The summed E-state index contributed by atoms with van der Waals surface area (Å²) in [6.45, 7) is 0.